The fraction of sp³-hybridized carbons (Fsp3) is 0.615. The molecule has 0 spiro atoms. The van der Waals surface area contributed by atoms with E-state index < -0.39 is 16.0 Å². The molecule has 1 aromatic rings. The minimum Gasteiger partial charge on any atom is -0.459 e. The van der Waals surface area contributed by atoms with Gasteiger partial charge in [-0.1, -0.05) is 6.92 Å². The molecule has 0 bridgehead atoms. The summed E-state index contributed by atoms with van der Waals surface area (Å²) in [5.74, 6) is -0.592. The van der Waals surface area contributed by atoms with Crippen LogP contribution in [0.25, 0.3) is 0 Å². The quantitative estimate of drug-likeness (QED) is 0.572. The highest BCUT2D eigenvalue weighted by molar-refractivity contribution is 7.89. The second-order valence-electron chi connectivity index (χ2n) is 4.85. The van der Waals surface area contributed by atoms with Crippen molar-refractivity contribution in [1.82, 2.24) is 4.57 Å². The summed E-state index contributed by atoms with van der Waals surface area (Å²) in [6, 6.07) is 1.23. The first kappa shape index (κ1) is 17.7. The van der Waals surface area contributed by atoms with Gasteiger partial charge in [-0.15, -0.1) is 0 Å². The van der Waals surface area contributed by atoms with Crippen molar-refractivity contribution in [2.45, 2.75) is 44.7 Å². The Morgan fingerprint density at radius 1 is 1.38 bits per heavy atom. The molecule has 0 saturated carbocycles. The van der Waals surface area contributed by atoms with Gasteiger partial charge < -0.3 is 14.0 Å². The van der Waals surface area contributed by atoms with Crippen molar-refractivity contribution in [1.29, 1.82) is 0 Å². The average molecular weight is 318 g/mol. The summed E-state index contributed by atoms with van der Waals surface area (Å²) in [5, 5.41) is 5.08. The molecule has 0 aliphatic rings. The summed E-state index contributed by atoms with van der Waals surface area (Å²) in [6.45, 7) is 6.59. The number of esters is 1. The van der Waals surface area contributed by atoms with Crippen LogP contribution < -0.4 is 5.14 Å². The van der Waals surface area contributed by atoms with Crippen molar-refractivity contribution in [2.24, 2.45) is 5.14 Å². The van der Waals surface area contributed by atoms with Crippen molar-refractivity contribution < 1.29 is 22.7 Å². The lowest BCUT2D eigenvalue weighted by atomic mass is 10.4. The highest BCUT2D eigenvalue weighted by Gasteiger charge is 2.19. The van der Waals surface area contributed by atoms with Crippen LogP contribution in [0.5, 0.6) is 0 Å². The zero-order chi connectivity index (χ0) is 16.0. The van der Waals surface area contributed by atoms with E-state index in [0.29, 0.717) is 13.2 Å². The molecule has 0 amide bonds. The predicted molar refractivity (Wildman–Crippen MR) is 77.5 cm³/mol. The van der Waals surface area contributed by atoms with E-state index in [2.05, 4.69) is 0 Å². The number of hydrogen-bond acceptors (Lipinski definition) is 5. The lowest BCUT2D eigenvalue weighted by Gasteiger charge is -2.09. The van der Waals surface area contributed by atoms with Gasteiger partial charge in [0.25, 0.3) is 0 Å². The van der Waals surface area contributed by atoms with Crippen LogP contribution in [0.2, 0.25) is 0 Å². The highest BCUT2D eigenvalue weighted by Crippen LogP contribution is 2.15. The first-order chi connectivity index (χ1) is 9.75. The number of nitrogens with zero attached hydrogens (tertiary/aromatic N) is 1. The molecule has 2 N–H and O–H groups in total. The molecule has 1 aromatic heterocycles. The van der Waals surface area contributed by atoms with Gasteiger partial charge >= 0.3 is 5.97 Å². The zero-order valence-corrected chi connectivity index (χ0v) is 13.4. The van der Waals surface area contributed by atoms with Gasteiger partial charge in [0.05, 0.1) is 12.7 Å². The number of carbonyl (C=O) groups is 1. The van der Waals surface area contributed by atoms with E-state index in [1.165, 1.54) is 16.8 Å². The van der Waals surface area contributed by atoms with Gasteiger partial charge in [-0.3, -0.25) is 0 Å². The molecule has 7 nitrogen and oxygen atoms in total. The average Bonchev–Trinajstić information content (AvgIpc) is 2.78. The first-order valence-electron chi connectivity index (χ1n) is 6.77. The van der Waals surface area contributed by atoms with Crippen molar-refractivity contribution in [2.75, 3.05) is 13.2 Å². The molecule has 0 fully saturated rings. The van der Waals surface area contributed by atoms with Crippen LogP contribution >= 0.6 is 0 Å². The van der Waals surface area contributed by atoms with Crippen LogP contribution in [0.1, 0.15) is 37.7 Å². The number of aromatic nitrogens is 1. The maximum absolute atomic E-state index is 12.0. The van der Waals surface area contributed by atoms with Crippen molar-refractivity contribution in [3.8, 4) is 0 Å². The summed E-state index contributed by atoms with van der Waals surface area (Å²) in [4.78, 5) is 11.9. The molecule has 0 aliphatic carbocycles. The normalized spacial score (nSPS) is 11.9. The van der Waals surface area contributed by atoms with E-state index in [4.69, 9.17) is 14.6 Å². The predicted octanol–water partition coefficient (Wildman–Crippen LogP) is 1.13. The Bertz CT molecular complexity index is 577. The Kier molecular flexibility index (Phi) is 6.38. The maximum Gasteiger partial charge on any atom is 0.355 e. The topological polar surface area (TPSA) is 101 Å². The monoisotopic (exact) mass is 318 g/mol. The molecule has 1 heterocycles. The first-order valence-corrected chi connectivity index (χ1v) is 8.32. The fourth-order valence-electron chi connectivity index (χ4n) is 1.73. The number of aryl methyl sites for hydroxylation is 1. The lowest BCUT2D eigenvalue weighted by molar-refractivity contribution is 0.0169. The number of hydrogen-bond donors (Lipinski definition) is 1. The summed E-state index contributed by atoms with van der Waals surface area (Å²) >= 11 is 0. The number of primary sulfonamides is 1. The van der Waals surface area contributed by atoms with Crippen LogP contribution in [0, 0.1) is 0 Å². The highest BCUT2D eigenvalue weighted by atomic mass is 32.2. The fourth-order valence-corrected chi connectivity index (χ4v) is 2.28. The van der Waals surface area contributed by atoms with Crippen molar-refractivity contribution in [3.63, 3.8) is 0 Å². The molecule has 0 saturated heterocycles. The van der Waals surface area contributed by atoms with Crippen LogP contribution in [0.15, 0.2) is 17.2 Å². The molecule has 21 heavy (non-hydrogen) atoms. The van der Waals surface area contributed by atoms with Gasteiger partial charge in [0.2, 0.25) is 10.0 Å². The third kappa shape index (κ3) is 5.49. The Morgan fingerprint density at radius 3 is 2.57 bits per heavy atom. The van der Waals surface area contributed by atoms with Crippen molar-refractivity contribution in [3.05, 3.63) is 18.0 Å². The number of carbonyl (C=O) groups excluding carboxylic acids is 1. The standard InChI is InChI=1S/C13H22N2O5S/c1-4-5-15-9-11(21(14,17)18)8-12(15)13(16)20-7-6-19-10(2)3/h8-10H,4-7H2,1-3H3,(H2,14,17,18). The number of rotatable bonds is 8. The van der Waals surface area contributed by atoms with E-state index in [1.54, 1.807) is 0 Å². The maximum atomic E-state index is 12.0. The zero-order valence-electron chi connectivity index (χ0n) is 12.5. The number of nitrogens with two attached hydrogens (primary N) is 1. The second-order valence-corrected chi connectivity index (χ2v) is 6.42. The van der Waals surface area contributed by atoms with Gasteiger partial charge in [0.1, 0.15) is 17.2 Å². The van der Waals surface area contributed by atoms with Gasteiger partial charge in [0.15, 0.2) is 0 Å². The van der Waals surface area contributed by atoms with E-state index in [9.17, 15) is 13.2 Å². The minimum absolute atomic E-state index is 0.0571. The number of ether oxygens (including phenoxy) is 2. The third-order valence-electron chi connectivity index (χ3n) is 2.64. The molecule has 0 aliphatic heterocycles. The third-order valence-corrected chi connectivity index (χ3v) is 3.52. The van der Waals surface area contributed by atoms with Crippen LogP contribution in [0.3, 0.4) is 0 Å². The molecule has 0 atom stereocenters. The van der Waals surface area contributed by atoms with Crippen LogP contribution in [-0.4, -0.2) is 38.3 Å². The SMILES string of the molecule is CCCn1cc(S(N)(=O)=O)cc1C(=O)OCCOC(C)C. The number of sulfonamides is 1. The summed E-state index contributed by atoms with van der Waals surface area (Å²) in [5.41, 5.74) is 0.172. The molecular weight excluding hydrogens is 296 g/mol. The van der Waals surface area contributed by atoms with E-state index in [1.807, 2.05) is 20.8 Å². The molecule has 8 heteroatoms. The summed E-state index contributed by atoms with van der Waals surface area (Å²) in [7, 11) is -3.85. The Morgan fingerprint density at radius 2 is 2.05 bits per heavy atom. The molecular formula is C13H22N2O5S. The van der Waals surface area contributed by atoms with Gasteiger partial charge in [-0.05, 0) is 26.3 Å². The van der Waals surface area contributed by atoms with E-state index in [-0.39, 0.29) is 23.3 Å². The Labute approximate surface area is 125 Å². The molecule has 0 radical (unpaired) electrons. The van der Waals surface area contributed by atoms with E-state index >= 15 is 0 Å². The Balaban J connectivity index is 2.80. The smallest absolute Gasteiger partial charge is 0.355 e. The Hall–Kier alpha value is -1.38. The van der Waals surface area contributed by atoms with Crippen molar-refractivity contribution >= 4 is 16.0 Å². The molecule has 120 valence electrons. The summed E-state index contributed by atoms with van der Waals surface area (Å²) in [6.07, 6.45) is 2.15. The molecule has 1 rings (SSSR count). The van der Waals surface area contributed by atoms with Crippen LogP contribution in [-0.2, 0) is 26.0 Å². The van der Waals surface area contributed by atoms with Gasteiger partial charge in [-0.25, -0.2) is 18.4 Å². The second kappa shape index (κ2) is 7.58. The summed E-state index contributed by atoms with van der Waals surface area (Å²) < 4.78 is 34.6. The van der Waals surface area contributed by atoms with Gasteiger partial charge in [-0.2, -0.15) is 0 Å². The van der Waals surface area contributed by atoms with Gasteiger partial charge in [0, 0.05) is 12.7 Å². The van der Waals surface area contributed by atoms with E-state index in [0.717, 1.165) is 6.42 Å². The lowest BCUT2D eigenvalue weighted by Crippen LogP contribution is -2.16. The molecule has 0 unspecified atom stereocenters. The molecule has 0 aromatic carbocycles. The largest absolute Gasteiger partial charge is 0.459 e. The van der Waals surface area contributed by atoms with Crippen LogP contribution in [0.4, 0.5) is 0 Å². The minimum atomic E-state index is -3.85.